The van der Waals surface area contributed by atoms with E-state index in [0.717, 1.165) is 51.1 Å². The van der Waals surface area contributed by atoms with Gasteiger partial charge in [-0.25, -0.2) is 0 Å². The highest BCUT2D eigenvalue weighted by atomic mass is 16.2. The molecule has 2 atom stereocenters. The molecule has 2 bridgehead atoms. The van der Waals surface area contributed by atoms with Crippen LogP contribution in [0.4, 0.5) is 5.69 Å². The number of rotatable bonds is 3. The molecule has 32 heavy (non-hydrogen) atoms. The minimum absolute atomic E-state index is 0.00579. The molecule has 0 aliphatic carbocycles. The van der Waals surface area contributed by atoms with Crippen LogP contribution in [0.5, 0.6) is 0 Å². The first-order valence-electron chi connectivity index (χ1n) is 11.5. The van der Waals surface area contributed by atoms with E-state index in [9.17, 15) is 14.4 Å². The van der Waals surface area contributed by atoms with Crippen molar-refractivity contribution < 1.29 is 9.59 Å². The maximum absolute atomic E-state index is 12.8. The number of anilines is 1. The van der Waals surface area contributed by atoms with Gasteiger partial charge in [-0.2, -0.15) is 0 Å². The topological polar surface area (TPSA) is 87.5 Å². The Morgan fingerprint density at radius 2 is 1.88 bits per heavy atom. The number of nitrogens with one attached hydrogen (secondary N) is 1. The van der Waals surface area contributed by atoms with Crippen LogP contribution < -0.4 is 10.9 Å². The van der Waals surface area contributed by atoms with Crippen molar-refractivity contribution in [2.75, 3.05) is 31.5 Å². The molecular weight excluding hydrogens is 406 g/mol. The summed E-state index contributed by atoms with van der Waals surface area (Å²) in [6.45, 7) is 5.80. The summed E-state index contributed by atoms with van der Waals surface area (Å²) in [5, 5.41) is 3.01. The van der Waals surface area contributed by atoms with E-state index in [4.69, 9.17) is 0 Å². The molecule has 2 aromatic rings. The molecule has 8 nitrogen and oxygen atoms in total. The van der Waals surface area contributed by atoms with E-state index in [1.165, 1.54) is 0 Å². The van der Waals surface area contributed by atoms with Crippen LogP contribution in [0.3, 0.4) is 0 Å². The minimum Gasteiger partial charge on any atom is -0.343 e. The zero-order chi connectivity index (χ0) is 22.2. The van der Waals surface area contributed by atoms with Gasteiger partial charge in [0.15, 0.2) is 0 Å². The summed E-state index contributed by atoms with van der Waals surface area (Å²) in [6, 6.07) is 8.99. The zero-order valence-electron chi connectivity index (χ0n) is 18.4. The average molecular weight is 436 g/mol. The molecule has 0 aromatic carbocycles. The molecule has 2 amide bonds. The Morgan fingerprint density at radius 1 is 1.06 bits per heavy atom. The molecule has 0 unspecified atom stereocenters. The lowest BCUT2D eigenvalue weighted by atomic mass is 9.81. The molecule has 0 spiro atoms. The van der Waals surface area contributed by atoms with Crippen LogP contribution in [0, 0.1) is 5.92 Å². The van der Waals surface area contributed by atoms with Crippen LogP contribution in [0.1, 0.15) is 48.3 Å². The van der Waals surface area contributed by atoms with Gasteiger partial charge in [-0.1, -0.05) is 6.07 Å². The van der Waals surface area contributed by atoms with Crippen LogP contribution in [0.25, 0.3) is 0 Å². The standard InChI is InChI=1S/C24H29N5O3/c1-16(30)27-10-7-19(8-11-27)28-13-17-12-18(15-28)23-20(5-6-22(31)29(23)14-17)26-24(32)21-4-2-3-9-25-21/h2-6,9,17-19H,7-8,10-15H2,1H3,(H,26,32)/t17-,18-/m1/s1. The van der Waals surface area contributed by atoms with Crippen LogP contribution >= 0.6 is 0 Å². The van der Waals surface area contributed by atoms with Crippen LogP contribution in [0.15, 0.2) is 41.3 Å². The van der Waals surface area contributed by atoms with Crippen molar-refractivity contribution >= 4 is 17.5 Å². The molecular formula is C24H29N5O3. The fraction of sp³-hybridized carbons (Fsp3) is 0.500. The average Bonchev–Trinajstić information content (AvgIpc) is 2.81. The number of carbonyl (C=O) groups excluding carboxylic acids is 2. The summed E-state index contributed by atoms with van der Waals surface area (Å²) in [5.74, 6) is 0.506. The van der Waals surface area contributed by atoms with Gasteiger partial charge >= 0.3 is 0 Å². The first-order chi connectivity index (χ1) is 15.5. The predicted octanol–water partition coefficient (Wildman–Crippen LogP) is 1.93. The Morgan fingerprint density at radius 3 is 2.59 bits per heavy atom. The van der Waals surface area contributed by atoms with E-state index in [2.05, 4.69) is 15.2 Å². The molecule has 1 N–H and O–H groups in total. The van der Waals surface area contributed by atoms with E-state index in [1.807, 2.05) is 9.47 Å². The molecule has 0 saturated carbocycles. The van der Waals surface area contributed by atoms with Gasteiger partial charge in [0.2, 0.25) is 5.91 Å². The number of carbonyl (C=O) groups is 2. The second kappa shape index (κ2) is 8.50. The highest BCUT2D eigenvalue weighted by molar-refractivity contribution is 6.03. The number of amides is 2. The normalized spacial score (nSPS) is 23.5. The van der Waals surface area contributed by atoms with Gasteiger partial charge in [-0.3, -0.25) is 24.3 Å². The molecule has 8 heteroatoms. The van der Waals surface area contributed by atoms with E-state index in [0.29, 0.717) is 29.9 Å². The largest absolute Gasteiger partial charge is 0.343 e. The number of piperidine rings is 2. The van der Waals surface area contributed by atoms with Gasteiger partial charge in [0.25, 0.3) is 11.5 Å². The fourth-order valence-electron chi connectivity index (χ4n) is 5.69. The zero-order valence-corrected chi connectivity index (χ0v) is 18.4. The molecule has 2 aromatic heterocycles. The van der Waals surface area contributed by atoms with Gasteiger partial charge in [0.05, 0.1) is 5.69 Å². The number of hydrogen-bond acceptors (Lipinski definition) is 5. The van der Waals surface area contributed by atoms with Crippen molar-refractivity contribution in [1.82, 2.24) is 19.4 Å². The van der Waals surface area contributed by atoms with Gasteiger partial charge in [-0.15, -0.1) is 0 Å². The monoisotopic (exact) mass is 435 g/mol. The summed E-state index contributed by atoms with van der Waals surface area (Å²) in [4.78, 5) is 45.7. The molecule has 3 aliphatic heterocycles. The smallest absolute Gasteiger partial charge is 0.274 e. The van der Waals surface area contributed by atoms with Crippen molar-refractivity contribution in [3.8, 4) is 0 Å². The first-order valence-corrected chi connectivity index (χ1v) is 11.5. The number of nitrogens with zero attached hydrogens (tertiary/aromatic N) is 4. The minimum atomic E-state index is -0.265. The summed E-state index contributed by atoms with van der Waals surface area (Å²) in [7, 11) is 0. The predicted molar refractivity (Wildman–Crippen MR) is 121 cm³/mol. The molecule has 2 saturated heterocycles. The quantitative estimate of drug-likeness (QED) is 0.796. The molecule has 2 fully saturated rings. The summed E-state index contributed by atoms with van der Waals surface area (Å²) < 4.78 is 1.86. The third-order valence-electron chi connectivity index (χ3n) is 7.19. The second-order valence-electron chi connectivity index (χ2n) is 9.24. The van der Waals surface area contributed by atoms with Crippen molar-refractivity contribution in [2.45, 2.75) is 44.7 Å². The third kappa shape index (κ3) is 3.95. The van der Waals surface area contributed by atoms with Crippen LogP contribution in [0.2, 0.25) is 0 Å². The summed E-state index contributed by atoms with van der Waals surface area (Å²) >= 11 is 0. The van der Waals surface area contributed by atoms with E-state index in [1.54, 1.807) is 43.5 Å². The number of aromatic nitrogens is 2. The fourth-order valence-corrected chi connectivity index (χ4v) is 5.69. The SMILES string of the molecule is CC(=O)N1CCC(N2C[C@H]3C[C@H](C2)c2c(NC(=O)c4ccccn4)ccc(=O)n2C3)CC1. The van der Waals surface area contributed by atoms with Crippen LogP contribution in [-0.2, 0) is 11.3 Å². The van der Waals surface area contributed by atoms with E-state index in [-0.39, 0.29) is 23.3 Å². The second-order valence-corrected chi connectivity index (χ2v) is 9.24. The molecule has 168 valence electrons. The Kier molecular flexibility index (Phi) is 5.55. The lowest BCUT2D eigenvalue weighted by Crippen LogP contribution is -2.53. The molecule has 5 rings (SSSR count). The van der Waals surface area contributed by atoms with Gasteiger partial charge < -0.3 is 14.8 Å². The third-order valence-corrected chi connectivity index (χ3v) is 7.19. The number of likely N-dealkylation sites (tertiary alicyclic amines) is 2. The number of fused-ring (bicyclic) bond motifs is 4. The Bertz CT molecular complexity index is 1070. The highest BCUT2D eigenvalue weighted by Gasteiger charge is 2.39. The van der Waals surface area contributed by atoms with Crippen molar-refractivity contribution in [1.29, 1.82) is 0 Å². The molecule has 0 radical (unpaired) electrons. The van der Waals surface area contributed by atoms with Gasteiger partial charge in [-0.05, 0) is 43.4 Å². The maximum Gasteiger partial charge on any atom is 0.274 e. The van der Waals surface area contributed by atoms with Crippen molar-refractivity contribution in [2.24, 2.45) is 5.92 Å². The maximum atomic E-state index is 12.8. The molecule has 5 heterocycles. The first kappa shape index (κ1) is 20.9. The summed E-state index contributed by atoms with van der Waals surface area (Å²) in [6.07, 6.45) is 4.60. The van der Waals surface area contributed by atoms with Gasteiger partial charge in [0, 0.05) is 69.6 Å². The van der Waals surface area contributed by atoms with Crippen molar-refractivity contribution in [3.05, 3.63) is 58.3 Å². The Labute approximate surface area is 187 Å². The van der Waals surface area contributed by atoms with E-state index >= 15 is 0 Å². The van der Waals surface area contributed by atoms with Crippen molar-refractivity contribution in [3.63, 3.8) is 0 Å². The lowest BCUT2D eigenvalue weighted by molar-refractivity contribution is -0.130. The summed E-state index contributed by atoms with van der Waals surface area (Å²) in [5.41, 5.74) is 1.99. The van der Waals surface area contributed by atoms with Gasteiger partial charge in [0.1, 0.15) is 5.69 Å². The molecule has 3 aliphatic rings. The number of hydrogen-bond donors (Lipinski definition) is 1. The van der Waals surface area contributed by atoms with Crippen LogP contribution in [-0.4, -0.2) is 63.4 Å². The lowest BCUT2D eigenvalue weighted by Gasteiger charge is -2.47. The Balaban J connectivity index is 1.38. The van der Waals surface area contributed by atoms with E-state index < -0.39 is 0 Å². The Hall–Kier alpha value is -3.00. The highest BCUT2D eigenvalue weighted by Crippen LogP contribution is 2.40. The number of pyridine rings is 2.